The lowest BCUT2D eigenvalue weighted by molar-refractivity contribution is -0.122. The number of benzene rings is 1. The first-order valence-corrected chi connectivity index (χ1v) is 5.56. The third-order valence-electron chi connectivity index (χ3n) is 1.84. The third-order valence-corrected chi connectivity index (χ3v) is 2.14. The van der Waals surface area contributed by atoms with Gasteiger partial charge in [0, 0.05) is 6.54 Å². The molecule has 1 rings (SSSR count). The number of hydrogen-bond donors (Lipinski definition) is 2. The lowest BCUT2D eigenvalue weighted by Crippen LogP contribution is -2.41. The summed E-state index contributed by atoms with van der Waals surface area (Å²) in [5, 5.41) is 4.50. The molecule has 18 heavy (non-hydrogen) atoms. The second kappa shape index (κ2) is 6.80. The topological polar surface area (TPSA) is 67.4 Å². The molecule has 0 saturated heterocycles. The molecule has 0 heterocycles. The minimum Gasteiger partial charge on any atom is -0.482 e. The lowest BCUT2D eigenvalue weighted by Gasteiger charge is -2.08. The summed E-state index contributed by atoms with van der Waals surface area (Å²) >= 11 is 5.69. The van der Waals surface area contributed by atoms with Crippen LogP contribution in [0.3, 0.4) is 0 Å². The van der Waals surface area contributed by atoms with Gasteiger partial charge in [0.1, 0.15) is 11.6 Å². The predicted octanol–water partition coefficient (Wildman–Crippen LogP) is 1.70. The van der Waals surface area contributed by atoms with Gasteiger partial charge in [0.15, 0.2) is 6.61 Å². The molecule has 2 N–H and O–H groups in total. The summed E-state index contributed by atoms with van der Waals surface area (Å²) in [4.78, 5) is 22.3. The van der Waals surface area contributed by atoms with Crippen LogP contribution >= 0.6 is 11.6 Å². The average Bonchev–Trinajstić information content (AvgIpc) is 2.28. The van der Waals surface area contributed by atoms with Gasteiger partial charge in [-0.05, 0) is 25.1 Å². The highest BCUT2D eigenvalue weighted by atomic mass is 35.5. The standard InChI is InChI=1S/C11H12ClFN2O3/c1-2-14-11(17)15-10(16)6-18-9-4-3-7(13)5-8(9)12/h3-5H,2,6H2,1H3,(H2,14,15,16,17). The summed E-state index contributed by atoms with van der Waals surface area (Å²) in [6, 6.07) is 2.93. The highest BCUT2D eigenvalue weighted by molar-refractivity contribution is 6.32. The maximum absolute atomic E-state index is 12.7. The van der Waals surface area contributed by atoms with E-state index in [9.17, 15) is 14.0 Å². The van der Waals surface area contributed by atoms with Crippen molar-refractivity contribution in [3.05, 3.63) is 29.0 Å². The van der Waals surface area contributed by atoms with Gasteiger partial charge in [0.05, 0.1) is 5.02 Å². The first kappa shape index (κ1) is 14.2. The third kappa shape index (κ3) is 4.58. The van der Waals surface area contributed by atoms with Crippen molar-refractivity contribution < 1.29 is 18.7 Å². The van der Waals surface area contributed by atoms with Gasteiger partial charge < -0.3 is 10.1 Å². The van der Waals surface area contributed by atoms with Crippen molar-refractivity contribution in [2.24, 2.45) is 0 Å². The Labute approximate surface area is 108 Å². The molecule has 0 unspecified atom stereocenters. The second-order valence-corrected chi connectivity index (χ2v) is 3.68. The molecule has 0 radical (unpaired) electrons. The monoisotopic (exact) mass is 274 g/mol. The fourth-order valence-corrected chi connectivity index (χ4v) is 1.32. The van der Waals surface area contributed by atoms with E-state index in [0.717, 1.165) is 12.1 Å². The highest BCUT2D eigenvalue weighted by Gasteiger charge is 2.09. The van der Waals surface area contributed by atoms with E-state index < -0.39 is 17.8 Å². The van der Waals surface area contributed by atoms with Crippen LogP contribution in [0.25, 0.3) is 0 Å². The molecular formula is C11H12ClFN2O3. The van der Waals surface area contributed by atoms with Gasteiger partial charge in [-0.3, -0.25) is 10.1 Å². The van der Waals surface area contributed by atoms with Crippen molar-refractivity contribution in [2.75, 3.05) is 13.2 Å². The molecule has 0 spiro atoms. The van der Waals surface area contributed by atoms with E-state index in [2.05, 4.69) is 10.6 Å². The Morgan fingerprint density at radius 3 is 2.78 bits per heavy atom. The first-order chi connectivity index (χ1) is 8.52. The van der Waals surface area contributed by atoms with Gasteiger partial charge >= 0.3 is 6.03 Å². The zero-order chi connectivity index (χ0) is 13.5. The molecule has 3 amide bonds. The Morgan fingerprint density at radius 2 is 2.17 bits per heavy atom. The fraction of sp³-hybridized carbons (Fsp3) is 0.273. The Kier molecular flexibility index (Phi) is 5.38. The Balaban J connectivity index is 2.45. The van der Waals surface area contributed by atoms with Crippen molar-refractivity contribution in [1.82, 2.24) is 10.6 Å². The van der Waals surface area contributed by atoms with Crippen molar-refractivity contribution in [3.8, 4) is 5.75 Å². The number of carbonyl (C=O) groups is 2. The Hall–Kier alpha value is -1.82. The summed E-state index contributed by atoms with van der Waals surface area (Å²) in [6.07, 6.45) is 0. The molecule has 1 aromatic rings. The van der Waals surface area contributed by atoms with E-state index in [1.165, 1.54) is 6.07 Å². The zero-order valence-electron chi connectivity index (χ0n) is 9.63. The number of imide groups is 1. The molecular weight excluding hydrogens is 263 g/mol. The van der Waals surface area contributed by atoms with Gasteiger partial charge in [-0.1, -0.05) is 11.6 Å². The molecule has 0 saturated carbocycles. The minimum atomic E-state index is -0.624. The normalized spacial score (nSPS) is 9.72. The summed E-state index contributed by atoms with van der Waals surface area (Å²) in [5.74, 6) is -0.954. The summed E-state index contributed by atoms with van der Waals surface area (Å²) in [6.45, 7) is 1.74. The van der Waals surface area contributed by atoms with Gasteiger partial charge in [0.2, 0.25) is 0 Å². The number of carbonyl (C=O) groups excluding carboxylic acids is 2. The predicted molar refractivity (Wildman–Crippen MR) is 64.1 cm³/mol. The first-order valence-electron chi connectivity index (χ1n) is 5.18. The van der Waals surface area contributed by atoms with Crippen LogP contribution in [0.5, 0.6) is 5.75 Å². The van der Waals surface area contributed by atoms with Gasteiger partial charge in [-0.25, -0.2) is 9.18 Å². The molecule has 0 aromatic heterocycles. The summed E-state index contributed by atoms with van der Waals surface area (Å²) < 4.78 is 17.8. The summed E-state index contributed by atoms with van der Waals surface area (Å²) in [7, 11) is 0. The number of rotatable bonds is 4. The summed E-state index contributed by atoms with van der Waals surface area (Å²) in [5.41, 5.74) is 0. The van der Waals surface area contributed by atoms with Crippen molar-refractivity contribution >= 4 is 23.5 Å². The van der Waals surface area contributed by atoms with E-state index >= 15 is 0 Å². The van der Waals surface area contributed by atoms with Crippen molar-refractivity contribution in [3.63, 3.8) is 0 Å². The van der Waals surface area contributed by atoms with Crippen molar-refractivity contribution in [2.45, 2.75) is 6.92 Å². The van der Waals surface area contributed by atoms with Crippen LogP contribution in [0.2, 0.25) is 5.02 Å². The largest absolute Gasteiger partial charge is 0.482 e. The highest BCUT2D eigenvalue weighted by Crippen LogP contribution is 2.24. The molecule has 1 aromatic carbocycles. The van der Waals surface area contributed by atoms with E-state index in [1.54, 1.807) is 6.92 Å². The van der Waals surface area contributed by atoms with Crippen LogP contribution in [-0.2, 0) is 4.79 Å². The number of urea groups is 1. The number of halogens is 2. The van der Waals surface area contributed by atoms with Gasteiger partial charge in [-0.15, -0.1) is 0 Å². The van der Waals surface area contributed by atoms with Crippen LogP contribution in [0, 0.1) is 5.82 Å². The van der Waals surface area contributed by atoms with E-state index in [4.69, 9.17) is 16.3 Å². The minimum absolute atomic E-state index is 0.0563. The molecule has 0 aliphatic rings. The van der Waals surface area contributed by atoms with Crippen LogP contribution in [0.4, 0.5) is 9.18 Å². The molecule has 0 atom stereocenters. The van der Waals surface area contributed by atoms with Crippen molar-refractivity contribution in [1.29, 1.82) is 0 Å². The van der Waals surface area contributed by atoms with Crippen LogP contribution < -0.4 is 15.4 Å². The maximum atomic E-state index is 12.7. The Morgan fingerprint density at radius 1 is 1.44 bits per heavy atom. The second-order valence-electron chi connectivity index (χ2n) is 3.27. The smallest absolute Gasteiger partial charge is 0.321 e. The van der Waals surface area contributed by atoms with E-state index in [1.807, 2.05) is 0 Å². The fourth-order valence-electron chi connectivity index (χ4n) is 1.10. The van der Waals surface area contributed by atoms with Gasteiger partial charge in [-0.2, -0.15) is 0 Å². The molecule has 0 fully saturated rings. The molecule has 0 aliphatic carbocycles. The quantitative estimate of drug-likeness (QED) is 0.878. The average molecular weight is 275 g/mol. The number of ether oxygens (including phenoxy) is 1. The molecule has 0 bridgehead atoms. The molecule has 98 valence electrons. The molecule has 7 heteroatoms. The maximum Gasteiger partial charge on any atom is 0.321 e. The van der Waals surface area contributed by atoms with Crippen LogP contribution in [-0.4, -0.2) is 25.1 Å². The molecule has 0 aliphatic heterocycles. The Bertz CT molecular complexity index is 454. The SMILES string of the molecule is CCNC(=O)NC(=O)COc1ccc(F)cc1Cl. The van der Waals surface area contributed by atoms with Gasteiger partial charge in [0.25, 0.3) is 5.91 Å². The lowest BCUT2D eigenvalue weighted by atomic mass is 10.3. The van der Waals surface area contributed by atoms with E-state index in [-0.39, 0.29) is 17.4 Å². The number of amides is 3. The zero-order valence-corrected chi connectivity index (χ0v) is 10.4. The number of nitrogens with one attached hydrogen (secondary N) is 2. The van der Waals surface area contributed by atoms with E-state index in [0.29, 0.717) is 6.54 Å². The van der Waals surface area contributed by atoms with Crippen LogP contribution in [0.15, 0.2) is 18.2 Å². The van der Waals surface area contributed by atoms with Crippen LogP contribution in [0.1, 0.15) is 6.92 Å². The molecule has 5 nitrogen and oxygen atoms in total. The number of hydrogen-bond acceptors (Lipinski definition) is 3.